The Morgan fingerprint density at radius 2 is 1.25 bits per heavy atom. The van der Waals surface area contributed by atoms with Gasteiger partial charge in [0.05, 0.1) is 0 Å². The number of aryl methyl sites for hydroxylation is 1. The Labute approximate surface area is 268 Å². The van der Waals surface area contributed by atoms with Crippen LogP contribution < -0.4 is 0 Å². The molecule has 2 saturated carbocycles. The summed E-state index contributed by atoms with van der Waals surface area (Å²) in [4.78, 5) is 0. The van der Waals surface area contributed by atoms with Crippen molar-refractivity contribution in [2.24, 2.45) is 17.8 Å². The molecular weight excluding hydrogens is 542 g/mol. The summed E-state index contributed by atoms with van der Waals surface area (Å²) in [6.45, 7) is 4.48. The van der Waals surface area contributed by atoms with Crippen LogP contribution in [0.25, 0.3) is 5.57 Å². The highest BCUT2D eigenvalue weighted by molar-refractivity contribution is 5.67. The molecule has 1 unspecified atom stereocenters. The van der Waals surface area contributed by atoms with Gasteiger partial charge in [-0.15, -0.1) is 0 Å². The average molecular weight is 603 g/mol. The molecule has 0 nitrogen and oxygen atoms in total. The van der Waals surface area contributed by atoms with Gasteiger partial charge in [-0.1, -0.05) is 95.6 Å². The fourth-order valence-electron chi connectivity index (χ4n) is 8.90. The summed E-state index contributed by atoms with van der Waals surface area (Å²) in [5, 5.41) is 0. The number of rotatable bonds is 14. The molecular formula is C42H60F2. The first-order valence-corrected chi connectivity index (χ1v) is 18.8. The van der Waals surface area contributed by atoms with Gasteiger partial charge in [-0.2, -0.15) is 0 Å². The molecule has 2 aromatic rings. The predicted octanol–water partition coefficient (Wildman–Crippen LogP) is 13.5. The van der Waals surface area contributed by atoms with Crippen LogP contribution in [0.1, 0.15) is 176 Å². The Morgan fingerprint density at radius 1 is 0.614 bits per heavy atom. The second kappa shape index (κ2) is 17.1. The van der Waals surface area contributed by atoms with Crippen molar-refractivity contribution in [1.82, 2.24) is 0 Å². The lowest BCUT2D eigenvalue weighted by atomic mass is 9.70. The quantitative estimate of drug-likeness (QED) is 0.189. The molecule has 0 aliphatic heterocycles. The fourth-order valence-corrected chi connectivity index (χ4v) is 8.90. The Morgan fingerprint density at radius 3 is 1.89 bits per heavy atom. The SMILES string of the molecule is CCCCCCCC1CCC(c2ccc(C3=CCC(C4CCC(c5ccc(CCCCC)c(F)c5)CC4)CC3)c(F)c2)CC1. The highest BCUT2D eigenvalue weighted by Crippen LogP contribution is 2.45. The molecule has 3 aliphatic rings. The van der Waals surface area contributed by atoms with Crippen LogP contribution in [0.2, 0.25) is 0 Å². The van der Waals surface area contributed by atoms with Crippen molar-refractivity contribution < 1.29 is 8.78 Å². The largest absolute Gasteiger partial charge is 0.207 e. The number of unbranched alkanes of at least 4 members (excludes halogenated alkanes) is 6. The Balaban J connectivity index is 1.07. The minimum Gasteiger partial charge on any atom is -0.207 e. The Hall–Kier alpha value is -1.96. The molecule has 5 rings (SSSR count). The van der Waals surface area contributed by atoms with E-state index in [4.69, 9.17) is 0 Å². The lowest BCUT2D eigenvalue weighted by Crippen LogP contribution is -2.22. The second-order valence-electron chi connectivity index (χ2n) is 14.8. The molecule has 2 fully saturated rings. The van der Waals surface area contributed by atoms with Crippen LogP contribution in [-0.4, -0.2) is 0 Å². The molecule has 3 aliphatic carbocycles. The van der Waals surface area contributed by atoms with E-state index in [1.54, 1.807) is 0 Å². The number of allylic oxidation sites excluding steroid dienone is 2. The number of hydrogen-bond acceptors (Lipinski definition) is 0. The van der Waals surface area contributed by atoms with E-state index in [9.17, 15) is 4.39 Å². The van der Waals surface area contributed by atoms with E-state index < -0.39 is 0 Å². The zero-order valence-corrected chi connectivity index (χ0v) is 28.0. The van der Waals surface area contributed by atoms with Crippen molar-refractivity contribution in [3.8, 4) is 0 Å². The van der Waals surface area contributed by atoms with Crippen LogP contribution in [0.15, 0.2) is 42.5 Å². The number of benzene rings is 2. The van der Waals surface area contributed by atoms with Crippen LogP contribution in [0, 0.1) is 29.4 Å². The van der Waals surface area contributed by atoms with Crippen LogP contribution in [0.5, 0.6) is 0 Å². The van der Waals surface area contributed by atoms with E-state index in [0.29, 0.717) is 17.8 Å². The lowest BCUT2D eigenvalue weighted by Gasteiger charge is -2.36. The zero-order valence-electron chi connectivity index (χ0n) is 28.0. The van der Waals surface area contributed by atoms with Crippen LogP contribution in [-0.2, 0) is 6.42 Å². The van der Waals surface area contributed by atoms with Crippen LogP contribution >= 0.6 is 0 Å². The van der Waals surface area contributed by atoms with Gasteiger partial charge in [0.2, 0.25) is 0 Å². The molecule has 0 N–H and O–H groups in total. The van der Waals surface area contributed by atoms with Gasteiger partial charge in [0, 0.05) is 5.56 Å². The summed E-state index contributed by atoms with van der Waals surface area (Å²) < 4.78 is 30.2. The van der Waals surface area contributed by atoms with Crippen LogP contribution in [0.3, 0.4) is 0 Å². The molecule has 2 heteroatoms. The van der Waals surface area contributed by atoms with E-state index in [2.05, 4.69) is 38.1 Å². The van der Waals surface area contributed by atoms with Crippen molar-refractivity contribution >= 4 is 5.57 Å². The summed E-state index contributed by atoms with van der Waals surface area (Å²) >= 11 is 0. The highest BCUT2D eigenvalue weighted by atomic mass is 19.1. The topological polar surface area (TPSA) is 0 Å². The Bertz CT molecular complexity index is 1180. The monoisotopic (exact) mass is 602 g/mol. The highest BCUT2D eigenvalue weighted by Gasteiger charge is 2.30. The minimum atomic E-state index is -0.00521. The summed E-state index contributed by atoms with van der Waals surface area (Å²) in [6, 6.07) is 12.3. The van der Waals surface area contributed by atoms with Crippen molar-refractivity contribution in [3.63, 3.8) is 0 Å². The molecule has 0 radical (unpaired) electrons. The predicted molar refractivity (Wildman–Crippen MR) is 184 cm³/mol. The first kappa shape index (κ1) is 33.4. The third-order valence-electron chi connectivity index (χ3n) is 11.9. The maximum atomic E-state index is 15.5. The average Bonchev–Trinajstić information content (AvgIpc) is 3.06. The molecule has 0 aromatic heterocycles. The Kier molecular flexibility index (Phi) is 13.0. The van der Waals surface area contributed by atoms with Crippen molar-refractivity contribution in [2.45, 2.75) is 161 Å². The van der Waals surface area contributed by atoms with Crippen molar-refractivity contribution in [2.75, 3.05) is 0 Å². The van der Waals surface area contributed by atoms with E-state index in [1.807, 2.05) is 18.2 Å². The van der Waals surface area contributed by atoms with Crippen LogP contribution in [0.4, 0.5) is 8.78 Å². The summed E-state index contributed by atoms with van der Waals surface area (Å²) in [5.41, 5.74) is 5.38. The molecule has 2 aromatic carbocycles. The van der Waals surface area contributed by atoms with Crippen molar-refractivity contribution in [3.05, 3.63) is 76.4 Å². The molecule has 0 amide bonds. The van der Waals surface area contributed by atoms with E-state index in [-0.39, 0.29) is 11.6 Å². The third-order valence-corrected chi connectivity index (χ3v) is 11.9. The molecule has 0 heterocycles. The summed E-state index contributed by atoms with van der Waals surface area (Å²) in [5.74, 6) is 3.38. The first-order valence-electron chi connectivity index (χ1n) is 18.8. The summed E-state index contributed by atoms with van der Waals surface area (Å²) in [7, 11) is 0. The van der Waals surface area contributed by atoms with Gasteiger partial charge in [0.25, 0.3) is 0 Å². The minimum absolute atomic E-state index is 0.00168. The second-order valence-corrected chi connectivity index (χ2v) is 14.8. The van der Waals surface area contributed by atoms with E-state index in [0.717, 1.165) is 48.6 Å². The standard InChI is InChI=1S/C42H60F2/c1-3-5-7-8-10-11-31-13-15-34(16-14-31)39-27-28-40(42(44)30-39)36-23-21-33(22-24-36)32-17-19-35(20-18-32)38-26-25-37(41(43)29-38)12-9-6-4-2/h23,25-35H,3-22,24H2,1-2H3. The van der Waals surface area contributed by atoms with Gasteiger partial charge in [0.15, 0.2) is 0 Å². The molecule has 242 valence electrons. The number of hydrogen-bond donors (Lipinski definition) is 0. The normalized spacial score (nSPS) is 26.0. The zero-order chi connectivity index (χ0) is 30.7. The smallest absolute Gasteiger partial charge is 0.130 e. The molecule has 44 heavy (non-hydrogen) atoms. The van der Waals surface area contributed by atoms with Gasteiger partial charge in [-0.25, -0.2) is 8.78 Å². The molecule has 1 atom stereocenters. The van der Waals surface area contributed by atoms with Crippen molar-refractivity contribution in [1.29, 1.82) is 0 Å². The number of halogens is 2. The first-order chi connectivity index (χ1) is 21.6. The third kappa shape index (κ3) is 9.07. The lowest BCUT2D eigenvalue weighted by molar-refractivity contribution is 0.220. The van der Waals surface area contributed by atoms with Gasteiger partial charge < -0.3 is 0 Å². The van der Waals surface area contributed by atoms with E-state index >= 15 is 4.39 Å². The van der Waals surface area contributed by atoms with Gasteiger partial charge in [-0.3, -0.25) is 0 Å². The maximum Gasteiger partial charge on any atom is 0.130 e. The van der Waals surface area contributed by atoms with Gasteiger partial charge in [0.1, 0.15) is 11.6 Å². The van der Waals surface area contributed by atoms with Gasteiger partial charge in [-0.05, 0) is 147 Å². The molecule has 0 spiro atoms. The van der Waals surface area contributed by atoms with Gasteiger partial charge >= 0.3 is 0 Å². The molecule has 0 saturated heterocycles. The molecule has 0 bridgehead atoms. The van der Waals surface area contributed by atoms with E-state index in [1.165, 1.54) is 126 Å². The summed E-state index contributed by atoms with van der Waals surface area (Å²) in [6.07, 6.45) is 28.1. The maximum absolute atomic E-state index is 15.5. The fraction of sp³-hybridized carbons (Fsp3) is 0.667.